The number of nitrogens with zero attached hydrogens (tertiary/aromatic N) is 2. The number of rotatable bonds is 3. The summed E-state index contributed by atoms with van der Waals surface area (Å²) in [6, 6.07) is 5.15. The molecule has 19 heavy (non-hydrogen) atoms. The third kappa shape index (κ3) is 3.25. The highest BCUT2D eigenvalue weighted by Crippen LogP contribution is 2.28. The number of benzene rings is 1. The van der Waals surface area contributed by atoms with Crippen LogP contribution in [0, 0.1) is 16.0 Å². The largest absolute Gasteiger partial charge is 0.296 e. The van der Waals surface area contributed by atoms with Crippen LogP contribution in [0.3, 0.4) is 0 Å². The normalized spacial score (nSPS) is 24.4. The number of likely N-dealkylation sites (tertiary alicyclic amines) is 1. The lowest BCUT2D eigenvalue weighted by molar-refractivity contribution is -0.384. The predicted molar refractivity (Wildman–Crippen MR) is 76.4 cm³/mol. The molecule has 0 saturated carbocycles. The van der Waals surface area contributed by atoms with Gasteiger partial charge in [0.2, 0.25) is 0 Å². The molecule has 1 heterocycles. The molecule has 1 aromatic carbocycles. The van der Waals surface area contributed by atoms with E-state index in [2.05, 4.69) is 18.7 Å². The molecule has 2 unspecified atom stereocenters. The van der Waals surface area contributed by atoms with Gasteiger partial charge in [-0.2, -0.15) is 0 Å². The average Bonchev–Trinajstić information content (AvgIpc) is 2.37. The SMILES string of the molecule is CC1CCCN(Cc2cc([N+](=O)[O-])ccc2Cl)C1C. The Morgan fingerprint density at radius 2 is 2.21 bits per heavy atom. The zero-order valence-corrected chi connectivity index (χ0v) is 12.1. The third-order valence-corrected chi connectivity index (χ3v) is 4.49. The first-order chi connectivity index (χ1) is 8.99. The molecule has 0 aliphatic carbocycles. The first kappa shape index (κ1) is 14.3. The molecule has 1 fully saturated rings. The first-order valence-electron chi connectivity index (χ1n) is 6.66. The lowest BCUT2D eigenvalue weighted by atomic mass is 9.91. The topological polar surface area (TPSA) is 46.4 Å². The maximum absolute atomic E-state index is 10.8. The minimum absolute atomic E-state index is 0.108. The van der Waals surface area contributed by atoms with Crippen molar-refractivity contribution < 1.29 is 4.92 Å². The number of nitro benzene ring substituents is 1. The fourth-order valence-corrected chi connectivity index (χ4v) is 2.84. The van der Waals surface area contributed by atoms with Crippen LogP contribution in [0.2, 0.25) is 5.02 Å². The maximum atomic E-state index is 10.8. The highest BCUT2D eigenvalue weighted by Gasteiger charge is 2.25. The molecular weight excluding hydrogens is 264 g/mol. The van der Waals surface area contributed by atoms with Crippen molar-refractivity contribution in [3.05, 3.63) is 38.9 Å². The van der Waals surface area contributed by atoms with Crippen molar-refractivity contribution in [1.82, 2.24) is 4.90 Å². The Morgan fingerprint density at radius 3 is 2.89 bits per heavy atom. The molecule has 0 aromatic heterocycles. The first-order valence-corrected chi connectivity index (χ1v) is 7.03. The molecule has 0 radical (unpaired) electrons. The van der Waals surface area contributed by atoms with Crippen molar-refractivity contribution in [2.45, 2.75) is 39.3 Å². The monoisotopic (exact) mass is 282 g/mol. The van der Waals surface area contributed by atoms with Gasteiger partial charge in [-0.05, 0) is 43.9 Å². The van der Waals surface area contributed by atoms with E-state index in [0.717, 1.165) is 12.1 Å². The molecule has 1 aliphatic rings. The van der Waals surface area contributed by atoms with Crippen molar-refractivity contribution in [3.8, 4) is 0 Å². The lowest BCUT2D eigenvalue weighted by Gasteiger charge is -2.38. The molecular formula is C14H19ClN2O2. The van der Waals surface area contributed by atoms with E-state index in [1.165, 1.54) is 18.9 Å². The summed E-state index contributed by atoms with van der Waals surface area (Å²) in [7, 11) is 0. The summed E-state index contributed by atoms with van der Waals surface area (Å²) in [6.07, 6.45) is 2.43. The molecule has 0 N–H and O–H groups in total. The van der Waals surface area contributed by atoms with E-state index in [1.807, 2.05) is 0 Å². The molecule has 1 aliphatic heterocycles. The van der Waals surface area contributed by atoms with Gasteiger partial charge in [0.15, 0.2) is 0 Å². The zero-order valence-electron chi connectivity index (χ0n) is 11.3. The summed E-state index contributed by atoms with van der Waals surface area (Å²) >= 11 is 6.15. The summed E-state index contributed by atoms with van der Waals surface area (Å²) in [6.45, 7) is 6.19. The van der Waals surface area contributed by atoms with Crippen LogP contribution in [-0.2, 0) is 6.54 Å². The van der Waals surface area contributed by atoms with Crippen LogP contribution in [0.25, 0.3) is 0 Å². The van der Waals surface area contributed by atoms with Gasteiger partial charge in [0.1, 0.15) is 0 Å². The third-order valence-electron chi connectivity index (χ3n) is 4.12. The molecule has 0 amide bonds. The van der Waals surface area contributed by atoms with E-state index in [9.17, 15) is 10.1 Å². The van der Waals surface area contributed by atoms with E-state index < -0.39 is 0 Å². The van der Waals surface area contributed by atoms with Gasteiger partial charge in [-0.1, -0.05) is 18.5 Å². The summed E-state index contributed by atoms with van der Waals surface area (Å²) in [5.41, 5.74) is 0.953. The van der Waals surface area contributed by atoms with Crippen LogP contribution in [0.5, 0.6) is 0 Å². The number of hydrogen-bond acceptors (Lipinski definition) is 3. The molecule has 1 aromatic rings. The van der Waals surface area contributed by atoms with Crippen LogP contribution >= 0.6 is 11.6 Å². The smallest absolute Gasteiger partial charge is 0.269 e. The highest BCUT2D eigenvalue weighted by molar-refractivity contribution is 6.31. The Balaban J connectivity index is 2.18. The van der Waals surface area contributed by atoms with Crippen LogP contribution in [-0.4, -0.2) is 22.4 Å². The fourth-order valence-electron chi connectivity index (χ4n) is 2.66. The van der Waals surface area contributed by atoms with Gasteiger partial charge in [-0.15, -0.1) is 0 Å². The van der Waals surface area contributed by atoms with Gasteiger partial charge >= 0.3 is 0 Å². The summed E-state index contributed by atoms with van der Waals surface area (Å²) in [5.74, 6) is 0.659. The Bertz CT molecular complexity index is 479. The standard InChI is InChI=1S/C14H19ClN2O2/c1-10-4-3-7-16(11(10)2)9-12-8-13(17(18)19)5-6-14(12)15/h5-6,8,10-11H,3-4,7,9H2,1-2H3. The molecule has 2 rings (SSSR count). The van der Waals surface area contributed by atoms with Crippen LogP contribution in [0.15, 0.2) is 18.2 Å². The highest BCUT2D eigenvalue weighted by atomic mass is 35.5. The van der Waals surface area contributed by atoms with Crippen molar-refractivity contribution >= 4 is 17.3 Å². The van der Waals surface area contributed by atoms with Crippen LogP contribution in [0.1, 0.15) is 32.3 Å². The van der Waals surface area contributed by atoms with Gasteiger partial charge in [-0.3, -0.25) is 15.0 Å². The van der Waals surface area contributed by atoms with Gasteiger partial charge in [0, 0.05) is 29.7 Å². The number of piperidine rings is 1. The van der Waals surface area contributed by atoms with Gasteiger partial charge < -0.3 is 0 Å². The predicted octanol–water partition coefficient (Wildman–Crippen LogP) is 3.87. The minimum atomic E-state index is -0.373. The van der Waals surface area contributed by atoms with Crippen molar-refractivity contribution in [2.75, 3.05) is 6.54 Å². The Morgan fingerprint density at radius 1 is 1.47 bits per heavy atom. The average molecular weight is 283 g/mol. The van der Waals surface area contributed by atoms with Crippen LogP contribution < -0.4 is 0 Å². The molecule has 0 bridgehead atoms. The molecule has 104 valence electrons. The number of nitro groups is 1. The summed E-state index contributed by atoms with van der Waals surface area (Å²) in [4.78, 5) is 12.8. The Labute approximate surface area is 118 Å². The fraction of sp³-hybridized carbons (Fsp3) is 0.571. The quantitative estimate of drug-likeness (QED) is 0.624. The Hall–Kier alpha value is -1.13. The molecule has 4 nitrogen and oxygen atoms in total. The summed E-state index contributed by atoms with van der Waals surface area (Å²) in [5, 5.41) is 11.4. The van der Waals surface area contributed by atoms with Crippen molar-refractivity contribution in [3.63, 3.8) is 0 Å². The van der Waals surface area contributed by atoms with Gasteiger partial charge in [0.25, 0.3) is 5.69 Å². The second kappa shape index (κ2) is 5.88. The second-order valence-corrected chi connectivity index (χ2v) is 5.77. The second-order valence-electron chi connectivity index (χ2n) is 5.36. The summed E-state index contributed by atoms with van der Waals surface area (Å²) < 4.78 is 0. The van der Waals surface area contributed by atoms with E-state index in [-0.39, 0.29) is 10.6 Å². The van der Waals surface area contributed by atoms with Gasteiger partial charge in [0.05, 0.1) is 4.92 Å². The molecule has 1 saturated heterocycles. The lowest BCUT2D eigenvalue weighted by Crippen LogP contribution is -2.41. The maximum Gasteiger partial charge on any atom is 0.269 e. The zero-order chi connectivity index (χ0) is 14.0. The molecule has 5 heteroatoms. The van der Waals surface area contributed by atoms with Crippen LogP contribution in [0.4, 0.5) is 5.69 Å². The van der Waals surface area contributed by atoms with Crippen molar-refractivity contribution in [2.24, 2.45) is 5.92 Å². The van der Waals surface area contributed by atoms with E-state index in [1.54, 1.807) is 12.1 Å². The van der Waals surface area contributed by atoms with E-state index >= 15 is 0 Å². The number of halogens is 1. The minimum Gasteiger partial charge on any atom is -0.296 e. The molecule has 2 atom stereocenters. The number of hydrogen-bond donors (Lipinski definition) is 0. The van der Waals surface area contributed by atoms with Crippen molar-refractivity contribution in [1.29, 1.82) is 0 Å². The van der Waals surface area contributed by atoms with E-state index in [0.29, 0.717) is 23.5 Å². The molecule has 0 spiro atoms. The van der Waals surface area contributed by atoms with E-state index in [4.69, 9.17) is 11.6 Å². The van der Waals surface area contributed by atoms with Gasteiger partial charge in [-0.25, -0.2) is 0 Å². The number of non-ortho nitro benzene ring substituents is 1. The Kier molecular flexibility index (Phi) is 4.42.